The average molecular weight is 309 g/mol. The fraction of sp³-hybridized carbons (Fsp3) is 0. The van der Waals surface area contributed by atoms with Gasteiger partial charge in [-0.1, -0.05) is 35.3 Å². The topological polar surface area (TPSA) is 61.7 Å². The van der Waals surface area contributed by atoms with Gasteiger partial charge < -0.3 is 5.11 Å². The van der Waals surface area contributed by atoms with Gasteiger partial charge in [0, 0.05) is 10.6 Å². The van der Waals surface area contributed by atoms with Gasteiger partial charge in [0.05, 0.1) is 22.5 Å². The number of carboxylic acid groups (broad SMARTS) is 1. The highest BCUT2D eigenvalue weighted by molar-refractivity contribution is 6.36. The third-order valence-electron chi connectivity index (χ3n) is 2.47. The standard InChI is InChI=1S/C14H10Cl2N2O2/c15-11-5-4-10(13(16)7-11)8-17-18-12-3-1-2-9(6-12)14(19)20/h1-8,18H,(H,19,20). The minimum Gasteiger partial charge on any atom is -0.478 e. The van der Waals surface area contributed by atoms with E-state index in [1.54, 1.807) is 30.3 Å². The first kappa shape index (κ1) is 14.4. The molecule has 4 nitrogen and oxygen atoms in total. The van der Waals surface area contributed by atoms with Crippen LogP contribution in [0.3, 0.4) is 0 Å². The van der Waals surface area contributed by atoms with Crippen LogP contribution in [0.4, 0.5) is 5.69 Å². The van der Waals surface area contributed by atoms with E-state index in [1.165, 1.54) is 18.3 Å². The summed E-state index contributed by atoms with van der Waals surface area (Å²) in [5, 5.41) is 13.9. The molecule has 0 unspecified atom stereocenters. The summed E-state index contributed by atoms with van der Waals surface area (Å²) in [5.41, 5.74) is 4.22. The Morgan fingerprint density at radius 2 is 2.00 bits per heavy atom. The first-order chi connectivity index (χ1) is 9.56. The van der Waals surface area contributed by atoms with E-state index in [1.807, 2.05) is 0 Å². The molecule has 0 heterocycles. The SMILES string of the molecule is O=C(O)c1cccc(NN=Cc2ccc(Cl)cc2Cl)c1. The fourth-order valence-corrected chi connectivity index (χ4v) is 1.96. The van der Waals surface area contributed by atoms with Crippen molar-refractivity contribution in [1.29, 1.82) is 0 Å². The van der Waals surface area contributed by atoms with Crippen molar-refractivity contribution in [2.75, 3.05) is 5.43 Å². The number of nitrogens with zero attached hydrogens (tertiary/aromatic N) is 1. The molecule has 0 saturated carbocycles. The highest BCUT2D eigenvalue weighted by atomic mass is 35.5. The Kier molecular flexibility index (Phi) is 4.61. The summed E-state index contributed by atoms with van der Waals surface area (Å²) < 4.78 is 0. The van der Waals surface area contributed by atoms with Crippen LogP contribution in [0.25, 0.3) is 0 Å². The normalized spacial score (nSPS) is 10.7. The number of halogens is 2. The number of nitrogens with one attached hydrogen (secondary N) is 1. The summed E-state index contributed by atoms with van der Waals surface area (Å²) in [5.74, 6) is -0.988. The predicted molar refractivity (Wildman–Crippen MR) is 81.1 cm³/mol. The molecule has 2 aromatic carbocycles. The third-order valence-corrected chi connectivity index (χ3v) is 3.03. The maximum Gasteiger partial charge on any atom is 0.335 e. The van der Waals surface area contributed by atoms with Crippen molar-refractivity contribution in [3.8, 4) is 0 Å². The molecule has 0 radical (unpaired) electrons. The van der Waals surface area contributed by atoms with Gasteiger partial charge in [-0.3, -0.25) is 5.43 Å². The Bertz CT molecular complexity index is 672. The molecule has 102 valence electrons. The molecular formula is C14H10Cl2N2O2. The quantitative estimate of drug-likeness (QED) is 0.659. The Balaban J connectivity index is 2.10. The fourth-order valence-electron chi connectivity index (χ4n) is 1.50. The van der Waals surface area contributed by atoms with Crippen molar-refractivity contribution in [2.45, 2.75) is 0 Å². The smallest absolute Gasteiger partial charge is 0.335 e. The van der Waals surface area contributed by atoms with Crippen molar-refractivity contribution in [1.82, 2.24) is 0 Å². The zero-order valence-electron chi connectivity index (χ0n) is 10.2. The number of benzene rings is 2. The van der Waals surface area contributed by atoms with E-state index < -0.39 is 5.97 Å². The Morgan fingerprint density at radius 1 is 1.20 bits per heavy atom. The van der Waals surface area contributed by atoms with Crippen molar-refractivity contribution >= 4 is 41.1 Å². The Morgan fingerprint density at radius 3 is 2.70 bits per heavy atom. The molecule has 6 heteroatoms. The predicted octanol–water partition coefficient (Wildman–Crippen LogP) is 4.14. The highest BCUT2D eigenvalue weighted by Gasteiger charge is 2.02. The van der Waals surface area contributed by atoms with Gasteiger partial charge in [0.1, 0.15) is 0 Å². The van der Waals surface area contributed by atoms with Crippen LogP contribution < -0.4 is 5.43 Å². The van der Waals surface area contributed by atoms with Gasteiger partial charge in [-0.15, -0.1) is 0 Å². The number of hydrogen-bond acceptors (Lipinski definition) is 3. The van der Waals surface area contributed by atoms with E-state index in [-0.39, 0.29) is 5.56 Å². The largest absolute Gasteiger partial charge is 0.478 e. The number of hydrogen-bond donors (Lipinski definition) is 2. The van der Waals surface area contributed by atoms with Gasteiger partial charge in [0.25, 0.3) is 0 Å². The molecule has 2 N–H and O–H groups in total. The van der Waals surface area contributed by atoms with E-state index in [9.17, 15) is 4.79 Å². The molecule has 0 aliphatic carbocycles. The second-order valence-electron chi connectivity index (χ2n) is 3.92. The van der Waals surface area contributed by atoms with Gasteiger partial charge in [-0.2, -0.15) is 5.10 Å². The summed E-state index contributed by atoms with van der Waals surface area (Å²) >= 11 is 11.8. The molecule has 20 heavy (non-hydrogen) atoms. The average Bonchev–Trinajstić information content (AvgIpc) is 2.41. The van der Waals surface area contributed by atoms with Gasteiger partial charge >= 0.3 is 5.97 Å². The lowest BCUT2D eigenvalue weighted by molar-refractivity contribution is 0.0697. The van der Waals surface area contributed by atoms with Crippen LogP contribution in [0.1, 0.15) is 15.9 Å². The maximum atomic E-state index is 10.8. The molecule has 2 rings (SSSR count). The van der Waals surface area contributed by atoms with Gasteiger partial charge in [-0.25, -0.2) is 4.79 Å². The number of carbonyl (C=O) groups is 1. The first-order valence-corrected chi connectivity index (χ1v) is 6.39. The summed E-state index contributed by atoms with van der Waals surface area (Å²) in [4.78, 5) is 10.8. The highest BCUT2D eigenvalue weighted by Crippen LogP contribution is 2.19. The summed E-state index contributed by atoms with van der Waals surface area (Å²) in [6.45, 7) is 0. The van der Waals surface area contributed by atoms with Crippen molar-refractivity contribution < 1.29 is 9.90 Å². The summed E-state index contributed by atoms with van der Waals surface area (Å²) in [6, 6.07) is 11.4. The number of hydrazone groups is 1. The monoisotopic (exact) mass is 308 g/mol. The molecule has 0 fully saturated rings. The van der Waals surface area contributed by atoms with Crippen LogP contribution >= 0.6 is 23.2 Å². The minimum atomic E-state index is -0.988. The molecule has 0 spiro atoms. The van der Waals surface area contributed by atoms with Crippen molar-refractivity contribution in [2.24, 2.45) is 5.10 Å². The maximum absolute atomic E-state index is 10.8. The van der Waals surface area contributed by atoms with E-state index in [0.717, 1.165) is 0 Å². The van der Waals surface area contributed by atoms with Crippen LogP contribution in [-0.4, -0.2) is 17.3 Å². The molecule has 2 aromatic rings. The zero-order valence-corrected chi connectivity index (χ0v) is 11.7. The van der Waals surface area contributed by atoms with E-state index >= 15 is 0 Å². The van der Waals surface area contributed by atoms with E-state index in [0.29, 0.717) is 21.3 Å². The molecule has 0 saturated heterocycles. The summed E-state index contributed by atoms with van der Waals surface area (Å²) in [7, 11) is 0. The first-order valence-electron chi connectivity index (χ1n) is 5.64. The second kappa shape index (κ2) is 6.41. The molecule has 0 bridgehead atoms. The minimum absolute atomic E-state index is 0.190. The molecule has 0 aromatic heterocycles. The van der Waals surface area contributed by atoms with Crippen LogP contribution in [0.2, 0.25) is 10.0 Å². The third kappa shape index (κ3) is 3.73. The van der Waals surface area contributed by atoms with Crippen LogP contribution in [0, 0.1) is 0 Å². The second-order valence-corrected chi connectivity index (χ2v) is 4.77. The van der Waals surface area contributed by atoms with Crippen molar-refractivity contribution in [3.05, 3.63) is 63.6 Å². The molecule has 0 aliphatic heterocycles. The summed E-state index contributed by atoms with van der Waals surface area (Å²) in [6.07, 6.45) is 1.53. The van der Waals surface area contributed by atoms with Gasteiger partial charge in [0.15, 0.2) is 0 Å². The molecule has 0 atom stereocenters. The van der Waals surface area contributed by atoms with Gasteiger partial charge in [0.2, 0.25) is 0 Å². The van der Waals surface area contributed by atoms with E-state index in [2.05, 4.69) is 10.5 Å². The number of anilines is 1. The van der Waals surface area contributed by atoms with Crippen molar-refractivity contribution in [3.63, 3.8) is 0 Å². The lowest BCUT2D eigenvalue weighted by Crippen LogP contribution is -1.97. The zero-order chi connectivity index (χ0) is 14.5. The lowest BCUT2D eigenvalue weighted by Gasteiger charge is -2.02. The number of aromatic carboxylic acids is 1. The number of rotatable bonds is 4. The Hall–Kier alpha value is -2.04. The van der Waals surface area contributed by atoms with Crippen LogP contribution in [0.15, 0.2) is 47.6 Å². The lowest BCUT2D eigenvalue weighted by atomic mass is 10.2. The van der Waals surface area contributed by atoms with E-state index in [4.69, 9.17) is 28.3 Å². The molecule has 0 aliphatic rings. The number of carboxylic acids is 1. The molecule has 0 amide bonds. The molecular weight excluding hydrogens is 299 g/mol. The van der Waals surface area contributed by atoms with Crippen LogP contribution in [0.5, 0.6) is 0 Å². The van der Waals surface area contributed by atoms with Crippen LogP contribution in [-0.2, 0) is 0 Å². The Labute approximate surface area is 125 Å². The van der Waals surface area contributed by atoms with Gasteiger partial charge in [-0.05, 0) is 30.3 Å².